The SMILES string of the molecule is Cc1ccc(S(=O)(=O)Nc2nnc(C(NS(=O)(=O)c3ccc(C)cc3)C(C)C)s2)cc1. The molecule has 166 valence electrons. The van der Waals surface area contributed by atoms with Crippen molar-refractivity contribution in [3.05, 3.63) is 64.7 Å². The third kappa shape index (κ3) is 5.67. The van der Waals surface area contributed by atoms with E-state index in [-0.39, 0.29) is 20.8 Å². The Kier molecular flexibility index (Phi) is 6.79. The zero-order chi connectivity index (χ0) is 22.8. The monoisotopic (exact) mass is 480 g/mol. The Hall–Kier alpha value is -2.34. The number of aromatic nitrogens is 2. The van der Waals surface area contributed by atoms with Gasteiger partial charge in [0.15, 0.2) is 0 Å². The summed E-state index contributed by atoms with van der Waals surface area (Å²) in [6.07, 6.45) is 0. The smallest absolute Gasteiger partial charge is 0.253 e. The first-order chi connectivity index (χ1) is 14.5. The minimum absolute atomic E-state index is 0.0655. The van der Waals surface area contributed by atoms with Gasteiger partial charge in [-0.25, -0.2) is 21.6 Å². The third-order valence-electron chi connectivity index (χ3n) is 4.54. The molecule has 11 heteroatoms. The van der Waals surface area contributed by atoms with Crippen molar-refractivity contribution in [1.29, 1.82) is 0 Å². The lowest BCUT2D eigenvalue weighted by Gasteiger charge is -2.19. The molecule has 1 unspecified atom stereocenters. The molecule has 1 aromatic heterocycles. The summed E-state index contributed by atoms with van der Waals surface area (Å²) in [5.74, 6) is -0.144. The molecule has 0 aliphatic heterocycles. The fourth-order valence-corrected chi connectivity index (χ4v) is 6.34. The van der Waals surface area contributed by atoms with Gasteiger partial charge in [0.05, 0.1) is 15.8 Å². The summed E-state index contributed by atoms with van der Waals surface area (Å²) in [5.41, 5.74) is 1.90. The van der Waals surface area contributed by atoms with Gasteiger partial charge in [-0.3, -0.25) is 4.72 Å². The number of anilines is 1. The van der Waals surface area contributed by atoms with Crippen molar-refractivity contribution in [1.82, 2.24) is 14.9 Å². The Balaban J connectivity index is 1.82. The van der Waals surface area contributed by atoms with E-state index in [1.807, 2.05) is 27.7 Å². The molecule has 0 fully saturated rings. The normalized spacial score (nSPS) is 13.3. The summed E-state index contributed by atoms with van der Waals surface area (Å²) in [5, 5.41) is 8.38. The number of benzene rings is 2. The maximum Gasteiger partial charge on any atom is 0.263 e. The van der Waals surface area contributed by atoms with Crippen LogP contribution in [0.1, 0.15) is 36.0 Å². The molecule has 0 bridgehead atoms. The highest BCUT2D eigenvalue weighted by atomic mass is 32.2. The lowest BCUT2D eigenvalue weighted by atomic mass is 10.1. The second-order valence-corrected chi connectivity index (χ2v) is 11.9. The molecular formula is C20H24N4O4S3. The summed E-state index contributed by atoms with van der Waals surface area (Å²) < 4.78 is 55.9. The van der Waals surface area contributed by atoms with Crippen LogP contribution in [0.4, 0.5) is 5.13 Å². The first-order valence-electron chi connectivity index (χ1n) is 9.50. The fraction of sp³-hybridized carbons (Fsp3) is 0.300. The van der Waals surface area contributed by atoms with Crippen LogP contribution in [-0.4, -0.2) is 27.0 Å². The minimum Gasteiger partial charge on any atom is -0.253 e. The van der Waals surface area contributed by atoms with Gasteiger partial charge in [-0.05, 0) is 44.0 Å². The van der Waals surface area contributed by atoms with E-state index < -0.39 is 26.1 Å². The van der Waals surface area contributed by atoms with Crippen molar-refractivity contribution >= 4 is 36.5 Å². The summed E-state index contributed by atoms with van der Waals surface area (Å²) in [6, 6.07) is 12.3. The van der Waals surface area contributed by atoms with Crippen LogP contribution in [0.3, 0.4) is 0 Å². The van der Waals surface area contributed by atoms with Crippen molar-refractivity contribution in [3.63, 3.8) is 0 Å². The highest BCUT2D eigenvalue weighted by Crippen LogP contribution is 2.30. The second-order valence-electron chi connectivity index (χ2n) is 7.52. The average Bonchev–Trinajstić information content (AvgIpc) is 3.14. The van der Waals surface area contributed by atoms with E-state index in [9.17, 15) is 16.8 Å². The minimum atomic E-state index is -3.83. The number of aryl methyl sites for hydroxylation is 2. The van der Waals surface area contributed by atoms with Crippen LogP contribution in [0.25, 0.3) is 0 Å². The number of nitrogens with one attached hydrogen (secondary N) is 2. The molecule has 1 atom stereocenters. The van der Waals surface area contributed by atoms with E-state index >= 15 is 0 Å². The molecule has 1 heterocycles. The van der Waals surface area contributed by atoms with Gasteiger partial charge in [0.25, 0.3) is 10.0 Å². The Morgan fingerprint density at radius 3 is 1.74 bits per heavy atom. The van der Waals surface area contributed by atoms with Gasteiger partial charge in [0, 0.05) is 0 Å². The van der Waals surface area contributed by atoms with Gasteiger partial charge in [-0.2, -0.15) is 0 Å². The molecule has 0 amide bonds. The van der Waals surface area contributed by atoms with Crippen molar-refractivity contribution in [3.8, 4) is 0 Å². The maximum absolute atomic E-state index is 12.8. The Morgan fingerprint density at radius 1 is 0.774 bits per heavy atom. The molecule has 0 spiro atoms. The largest absolute Gasteiger partial charge is 0.263 e. The highest BCUT2D eigenvalue weighted by molar-refractivity contribution is 7.93. The van der Waals surface area contributed by atoms with Crippen LogP contribution in [0, 0.1) is 19.8 Å². The number of nitrogens with zero attached hydrogens (tertiary/aromatic N) is 2. The van der Waals surface area contributed by atoms with E-state index in [0.29, 0.717) is 5.01 Å². The van der Waals surface area contributed by atoms with E-state index in [1.165, 1.54) is 24.3 Å². The summed E-state index contributed by atoms with van der Waals surface area (Å²) in [6.45, 7) is 7.44. The van der Waals surface area contributed by atoms with Crippen LogP contribution in [0.15, 0.2) is 58.3 Å². The fourth-order valence-electron chi connectivity index (χ4n) is 2.72. The van der Waals surface area contributed by atoms with Crippen molar-refractivity contribution in [2.45, 2.75) is 43.5 Å². The van der Waals surface area contributed by atoms with Gasteiger partial charge in [-0.1, -0.05) is 60.6 Å². The van der Waals surface area contributed by atoms with E-state index in [2.05, 4.69) is 19.6 Å². The topological polar surface area (TPSA) is 118 Å². The molecule has 0 aliphatic carbocycles. The predicted molar refractivity (Wildman–Crippen MR) is 121 cm³/mol. The highest BCUT2D eigenvalue weighted by Gasteiger charge is 2.28. The quantitative estimate of drug-likeness (QED) is 0.508. The molecule has 0 saturated heterocycles. The van der Waals surface area contributed by atoms with Gasteiger partial charge < -0.3 is 0 Å². The first kappa shape index (κ1) is 23.3. The molecule has 2 aromatic carbocycles. The molecule has 0 aliphatic rings. The zero-order valence-electron chi connectivity index (χ0n) is 17.5. The standard InChI is InChI=1S/C20H24N4O4S3/c1-13(2)18(23-30(25,26)16-9-5-14(3)6-10-16)19-21-22-20(29-19)24-31(27,28)17-11-7-15(4)8-12-17/h5-13,18,23H,1-4H3,(H,22,24). The molecule has 2 N–H and O–H groups in total. The van der Waals surface area contributed by atoms with Crippen molar-refractivity contribution < 1.29 is 16.8 Å². The Morgan fingerprint density at radius 2 is 1.26 bits per heavy atom. The summed E-state index contributed by atoms with van der Waals surface area (Å²) in [7, 11) is -7.62. The molecule has 3 aromatic rings. The maximum atomic E-state index is 12.8. The molecule has 0 radical (unpaired) electrons. The van der Waals surface area contributed by atoms with Crippen LogP contribution in [-0.2, 0) is 20.0 Å². The molecule has 31 heavy (non-hydrogen) atoms. The van der Waals surface area contributed by atoms with Crippen molar-refractivity contribution in [2.75, 3.05) is 4.72 Å². The van der Waals surface area contributed by atoms with E-state index in [1.54, 1.807) is 24.3 Å². The molecule has 3 rings (SSSR count). The van der Waals surface area contributed by atoms with Crippen LogP contribution in [0.2, 0.25) is 0 Å². The van der Waals surface area contributed by atoms with Crippen LogP contribution < -0.4 is 9.44 Å². The summed E-state index contributed by atoms with van der Waals surface area (Å²) >= 11 is 0.993. The summed E-state index contributed by atoms with van der Waals surface area (Å²) in [4.78, 5) is 0.254. The van der Waals surface area contributed by atoms with Gasteiger partial charge in [0.2, 0.25) is 15.2 Å². The van der Waals surface area contributed by atoms with Gasteiger partial charge in [-0.15, -0.1) is 10.2 Å². The number of rotatable bonds is 8. The number of hydrogen-bond donors (Lipinski definition) is 2. The Labute approximate surface area is 186 Å². The van der Waals surface area contributed by atoms with Crippen LogP contribution >= 0.6 is 11.3 Å². The zero-order valence-corrected chi connectivity index (χ0v) is 20.0. The molecular weight excluding hydrogens is 456 g/mol. The van der Waals surface area contributed by atoms with Gasteiger partial charge >= 0.3 is 0 Å². The second kappa shape index (κ2) is 9.03. The van der Waals surface area contributed by atoms with Crippen LogP contribution in [0.5, 0.6) is 0 Å². The number of hydrogen-bond acceptors (Lipinski definition) is 7. The Bertz CT molecular complexity index is 1250. The lowest BCUT2D eigenvalue weighted by Crippen LogP contribution is -2.31. The average molecular weight is 481 g/mol. The molecule has 0 saturated carbocycles. The lowest BCUT2D eigenvalue weighted by molar-refractivity contribution is 0.459. The van der Waals surface area contributed by atoms with Gasteiger partial charge in [0.1, 0.15) is 5.01 Å². The third-order valence-corrected chi connectivity index (χ3v) is 8.40. The van der Waals surface area contributed by atoms with Crippen molar-refractivity contribution in [2.24, 2.45) is 5.92 Å². The van der Waals surface area contributed by atoms with E-state index in [0.717, 1.165) is 22.5 Å². The number of sulfonamides is 2. The first-order valence-corrected chi connectivity index (χ1v) is 13.3. The predicted octanol–water partition coefficient (Wildman–Crippen LogP) is 3.63. The molecule has 8 nitrogen and oxygen atoms in total. The van der Waals surface area contributed by atoms with E-state index in [4.69, 9.17) is 0 Å².